The molecule has 0 spiro atoms. The summed E-state index contributed by atoms with van der Waals surface area (Å²) in [5.74, 6) is 0.517. The number of rotatable bonds is 5. The number of ether oxygens (including phenoxy) is 1. The highest BCUT2D eigenvalue weighted by Crippen LogP contribution is 2.27. The second-order valence-corrected chi connectivity index (χ2v) is 9.00. The predicted octanol–water partition coefficient (Wildman–Crippen LogP) is 3.89. The lowest BCUT2D eigenvalue weighted by molar-refractivity contribution is -0.134. The fourth-order valence-corrected chi connectivity index (χ4v) is 4.27. The Hall–Kier alpha value is -2.65. The molecule has 1 fully saturated rings. The molecule has 170 valence electrons. The zero-order chi connectivity index (χ0) is 23.3. The fourth-order valence-electron chi connectivity index (χ4n) is 3.52. The van der Waals surface area contributed by atoms with Gasteiger partial charge in [-0.3, -0.25) is 14.9 Å². The largest absolute Gasteiger partial charge is 0.496 e. The number of anilines is 2. The van der Waals surface area contributed by atoms with Crippen molar-refractivity contribution in [2.24, 2.45) is 5.92 Å². The van der Waals surface area contributed by atoms with Crippen LogP contribution in [0, 0.1) is 5.92 Å². The predicted molar refractivity (Wildman–Crippen MR) is 134 cm³/mol. The van der Waals surface area contributed by atoms with Gasteiger partial charge in [-0.15, -0.1) is 0 Å². The van der Waals surface area contributed by atoms with Gasteiger partial charge in [0.1, 0.15) is 5.75 Å². The molecular formula is C23H27BrN4O3S. The van der Waals surface area contributed by atoms with Crippen molar-refractivity contribution in [3.8, 4) is 5.75 Å². The van der Waals surface area contributed by atoms with Gasteiger partial charge in [0, 0.05) is 37.7 Å². The average Bonchev–Trinajstić information content (AvgIpc) is 2.78. The molecule has 0 saturated carbocycles. The number of benzene rings is 2. The first-order valence-electron chi connectivity index (χ1n) is 10.4. The van der Waals surface area contributed by atoms with E-state index < -0.39 is 0 Å². The van der Waals surface area contributed by atoms with E-state index in [1.165, 1.54) is 0 Å². The molecule has 1 aliphatic rings. The number of thiocarbonyl (C=S) groups is 1. The van der Waals surface area contributed by atoms with Crippen LogP contribution in [0.25, 0.3) is 0 Å². The van der Waals surface area contributed by atoms with Gasteiger partial charge in [-0.1, -0.05) is 26.0 Å². The van der Waals surface area contributed by atoms with E-state index in [0.717, 1.165) is 24.5 Å². The second kappa shape index (κ2) is 10.8. The summed E-state index contributed by atoms with van der Waals surface area (Å²) in [5.41, 5.74) is 2.24. The van der Waals surface area contributed by atoms with Gasteiger partial charge in [0.25, 0.3) is 5.91 Å². The molecule has 0 unspecified atom stereocenters. The first kappa shape index (κ1) is 24.0. The molecule has 2 amide bonds. The first-order valence-corrected chi connectivity index (χ1v) is 11.6. The van der Waals surface area contributed by atoms with Gasteiger partial charge in [0.05, 0.1) is 23.0 Å². The van der Waals surface area contributed by atoms with E-state index in [9.17, 15) is 9.59 Å². The number of nitrogens with zero attached hydrogens (tertiary/aromatic N) is 2. The van der Waals surface area contributed by atoms with Crippen molar-refractivity contribution < 1.29 is 14.3 Å². The third-order valence-corrected chi connectivity index (χ3v) is 6.04. The average molecular weight is 519 g/mol. The summed E-state index contributed by atoms with van der Waals surface area (Å²) in [6.45, 7) is 6.67. The highest BCUT2D eigenvalue weighted by molar-refractivity contribution is 9.10. The van der Waals surface area contributed by atoms with Gasteiger partial charge >= 0.3 is 0 Å². The topological polar surface area (TPSA) is 73.9 Å². The molecule has 9 heteroatoms. The van der Waals surface area contributed by atoms with E-state index in [4.69, 9.17) is 17.0 Å². The number of hydrogen-bond donors (Lipinski definition) is 2. The van der Waals surface area contributed by atoms with E-state index >= 15 is 0 Å². The van der Waals surface area contributed by atoms with Crippen molar-refractivity contribution >= 4 is 56.4 Å². The second-order valence-electron chi connectivity index (χ2n) is 7.74. The molecule has 0 aromatic heterocycles. The lowest BCUT2D eigenvalue weighted by Crippen LogP contribution is -2.50. The maximum Gasteiger partial charge on any atom is 0.257 e. The Bertz CT molecular complexity index is 1010. The molecule has 3 rings (SSSR count). The van der Waals surface area contributed by atoms with Crippen LogP contribution in [0.1, 0.15) is 24.2 Å². The summed E-state index contributed by atoms with van der Waals surface area (Å²) in [5, 5.41) is 6.07. The van der Waals surface area contributed by atoms with Crippen LogP contribution < -0.4 is 20.3 Å². The number of nitrogens with one attached hydrogen (secondary N) is 2. The molecule has 2 aromatic rings. The number of para-hydroxylation sites is 2. The molecule has 0 radical (unpaired) electrons. The molecule has 2 N–H and O–H groups in total. The number of piperazine rings is 1. The van der Waals surface area contributed by atoms with Crippen molar-refractivity contribution in [1.29, 1.82) is 0 Å². The van der Waals surface area contributed by atoms with Gasteiger partial charge < -0.3 is 19.9 Å². The van der Waals surface area contributed by atoms with Gasteiger partial charge in [0.15, 0.2) is 5.11 Å². The standard InChI is InChI=1S/C23H27BrN4O3S/c1-15(2)22(30)28-12-10-27(11-13-28)19-7-5-4-6-18(19)25-23(32)26-21(29)16-8-9-20(31-3)17(24)14-16/h4-9,14-15H,10-13H2,1-3H3,(H2,25,26,29,32). The normalized spacial score (nSPS) is 13.7. The molecular weight excluding hydrogens is 492 g/mol. The summed E-state index contributed by atoms with van der Waals surface area (Å²) in [6, 6.07) is 12.9. The number of amides is 2. The zero-order valence-electron chi connectivity index (χ0n) is 18.4. The van der Waals surface area contributed by atoms with Crippen LogP contribution in [-0.2, 0) is 4.79 Å². The number of methoxy groups -OCH3 is 1. The summed E-state index contributed by atoms with van der Waals surface area (Å²) < 4.78 is 5.89. The third kappa shape index (κ3) is 5.77. The van der Waals surface area contributed by atoms with Crippen molar-refractivity contribution in [2.75, 3.05) is 43.5 Å². The molecule has 2 aromatic carbocycles. The first-order chi connectivity index (χ1) is 15.3. The molecule has 0 bridgehead atoms. The summed E-state index contributed by atoms with van der Waals surface area (Å²) in [7, 11) is 1.57. The van der Waals surface area contributed by atoms with E-state index in [1.54, 1.807) is 25.3 Å². The number of halogens is 1. The van der Waals surface area contributed by atoms with Gasteiger partial charge in [-0.2, -0.15) is 0 Å². The van der Waals surface area contributed by atoms with Crippen LogP contribution in [0.3, 0.4) is 0 Å². The van der Waals surface area contributed by atoms with E-state index in [-0.39, 0.29) is 22.8 Å². The van der Waals surface area contributed by atoms with E-state index in [2.05, 4.69) is 31.5 Å². The SMILES string of the molecule is COc1ccc(C(=O)NC(=S)Nc2ccccc2N2CCN(C(=O)C(C)C)CC2)cc1Br. The summed E-state index contributed by atoms with van der Waals surface area (Å²) in [6.07, 6.45) is 0. The number of carbonyl (C=O) groups excluding carboxylic acids is 2. The highest BCUT2D eigenvalue weighted by atomic mass is 79.9. The quantitative estimate of drug-likeness (QED) is 0.585. The maximum absolute atomic E-state index is 12.6. The molecule has 7 nitrogen and oxygen atoms in total. The Balaban J connectivity index is 1.64. The Morgan fingerprint density at radius 1 is 1.09 bits per heavy atom. The van der Waals surface area contributed by atoms with Crippen LogP contribution >= 0.6 is 28.1 Å². The minimum absolute atomic E-state index is 0.00260. The minimum atomic E-state index is -0.316. The fraction of sp³-hybridized carbons (Fsp3) is 0.348. The number of hydrogen-bond acceptors (Lipinski definition) is 5. The smallest absolute Gasteiger partial charge is 0.257 e. The van der Waals surface area contributed by atoms with Gasteiger partial charge in [-0.05, 0) is 58.5 Å². The lowest BCUT2D eigenvalue weighted by Gasteiger charge is -2.37. The lowest BCUT2D eigenvalue weighted by atomic mass is 10.1. The van der Waals surface area contributed by atoms with E-state index in [1.807, 2.05) is 43.0 Å². The van der Waals surface area contributed by atoms with Crippen molar-refractivity contribution in [2.45, 2.75) is 13.8 Å². The molecule has 32 heavy (non-hydrogen) atoms. The van der Waals surface area contributed by atoms with Crippen molar-refractivity contribution in [3.63, 3.8) is 0 Å². The third-order valence-electron chi connectivity index (χ3n) is 5.22. The maximum atomic E-state index is 12.6. The Morgan fingerprint density at radius 3 is 2.41 bits per heavy atom. The summed E-state index contributed by atoms with van der Waals surface area (Å²) >= 11 is 8.77. The van der Waals surface area contributed by atoms with Crippen molar-refractivity contribution in [1.82, 2.24) is 10.2 Å². The molecule has 0 aliphatic carbocycles. The van der Waals surface area contributed by atoms with Crippen LogP contribution in [-0.4, -0.2) is 55.1 Å². The Labute approximate surface area is 202 Å². The monoisotopic (exact) mass is 518 g/mol. The summed E-state index contributed by atoms with van der Waals surface area (Å²) in [4.78, 5) is 29.0. The van der Waals surface area contributed by atoms with Crippen LogP contribution in [0.5, 0.6) is 5.75 Å². The van der Waals surface area contributed by atoms with Crippen LogP contribution in [0.4, 0.5) is 11.4 Å². The Morgan fingerprint density at radius 2 is 1.78 bits per heavy atom. The zero-order valence-corrected chi connectivity index (χ0v) is 20.8. The molecule has 1 aliphatic heterocycles. The van der Waals surface area contributed by atoms with Crippen LogP contribution in [0.15, 0.2) is 46.9 Å². The van der Waals surface area contributed by atoms with E-state index in [0.29, 0.717) is 28.9 Å². The van der Waals surface area contributed by atoms with Gasteiger partial charge in [-0.25, -0.2) is 0 Å². The van der Waals surface area contributed by atoms with Crippen molar-refractivity contribution in [3.05, 3.63) is 52.5 Å². The molecule has 1 heterocycles. The van der Waals surface area contributed by atoms with Gasteiger partial charge in [0.2, 0.25) is 5.91 Å². The minimum Gasteiger partial charge on any atom is -0.496 e. The highest BCUT2D eigenvalue weighted by Gasteiger charge is 2.24. The number of carbonyl (C=O) groups is 2. The van der Waals surface area contributed by atoms with Crippen LogP contribution in [0.2, 0.25) is 0 Å². The molecule has 0 atom stereocenters. The Kier molecular flexibility index (Phi) is 8.09. The molecule has 1 saturated heterocycles.